The molecular formula is C15H16F2N4OS. The molecule has 0 aliphatic heterocycles. The minimum absolute atomic E-state index is 0.0701. The van der Waals surface area contributed by atoms with Gasteiger partial charge >= 0.3 is 0 Å². The molecule has 0 radical (unpaired) electrons. The van der Waals surface area contributed by atoms with E-state index in [9.17, 15) is 13.6 Å². The van der Waals surface area contributed by atoms with Crippen LogP contribution in [0.3, 0.4) is 0 Å². The second-order valence-corrected chi connectivity index (χ2v) is 6.44. The first-order chi connectivity index (χ1) is 11.1. The fourth-order valence-electron chi connectivity index (χ4n) is 2.70. The van der Waals surface area contributed by atoms with Crippen LogP contribution in [0.1, 0.15) is 36.2 Å². The lowest BCUT2D eigenvalue weighted by molar-refractivity contribution is 0.0499. The number of alkyl halides is 2. The third kappa shape index (κ3) is 3.87. The molecule has 23 heavy (non-hydrogen) atoms. The summed E-state index contributed by atoms with van der Waals surface area (Å²) in [5, 5.41) is 2.88. The Bertz CT molecular complexity index is 657. The number of nitrogens with zero attached hydrogens (tertiary/aromatic N) is 3. The molecule has 1 aliphatic carbocycles. The van der Waals surface area contributed by atoms with E-state index in [2.05, 4.69) is 20.3 Å². The van der Waals surface area contributed by atoms with Gasteiger partial charge in [-0.25, -0.2) is 18.7 Å². The average molecular weight is 338 g/mol. The number of rotatable bonds is 4. The van der Waals surface area contributed by atoms with Crippen LogP contribution in [-0.2, 0) is 0 Å². The maximum atomic E-state index is 12.6. The predicted octanol–water partition coefficient (Wildman–Crippen LogP) is 3.15. The topological polar surface area (TPSA) is 67.8 Å². The Hall–Kier alpha value is -1.96. The monoisotopic (exact) mass is 338 g/mol. The zero-order valence-corrected chi connectivity index (χ0v) is 13.1. The van der Waals surface area contributed by atoms with Crippen LogP contribution in [0.25, 0.3) is 10.7 Å². The first-order valence-corrected chi connectivity index (χ1v) is 8.32. The molecule has 0 saturated heterocycles. The molecule has 5 nitrogen and oxygen atoms in total. The number of aromatic nitrogens is 3. The highest BCUT2D eigenvalue weighted by Gasteiger charge is 2.28. The van der Waals surface area contributed by atoms with Crippen molar-refractivity contribution in [2.24, 2.45) is 5.92 Å². The van der Waals surface area contributed by atoms with Gasteiger partial charge in [0.2, 0.25) is 6.43 Å². The van der Waals surface area contributed by atoms with Gasteiger partial charge in [0, 0.05) is 24.4 Å². The molecule has 2 aromatic rings. The van der Waals surface area contributed by atoms with Crippen LogP contribution in [0.4, 0.5) is 8.78 Å². The van der Waals surface area contributed by atoms with Crippen LogP contribution in [-0.4, -0.2) is 33.3 Å². The van der Waals surface area contributed by atoms with Crippen molar-refractivity contribution in [1.29, 1.82) is 0 Å². The summed E-state index contributed by atoms with van der Waals surface area (Å²) in [6.45, 7) is 0. The van der Waals surface area contributed by atoms with Gasteiger partial charge in [0.15, 0.2) is 5.82 Å². The number of halogens is 2. The highest BCUT2D eigenvalue weighted by molar-refractivity contribution is 7.13. The Kier molecular flexibility index (Phi) is 4.90. The zero-order valence-electron chi connectivity index (χ0n) is 12.3. The Morgan fingerprint density at radius 1 is 1.30 bits per heavy atom. The van der Waals surface area contributed by atoms with Gasteiger partial charge < -0.3 is 5.32 Å². The minimum Gasteiger partial charge on any atom is -0.348 e. The highest BCUT2D eigenvalue weighted by Crippen LogP contribution is 2.29. The molecular weight excluding hydrogens is 322 g/mol. The van der Waals surface area contributed by atoms with Gasteiger partial charge in [-0.2, -0.15) is 0 Å². The van der Waals surface area contributed by atoms with E-state index < -0.39 is 12.3 Å². The average Bonchev–Trinajstić information content (AvgIpc) is 3.10. The normalized spacial score (nSPS) is 21.3. The SMILES string of the molecule is O=C(N[C@H]1CC[C@H](C(F)F)CC1)c1ccnc(-c2cncs2)n1. The summed E-state index contributed by atoms with van der Waals surface area (Å²) < 4.78 is 25.3. The van der Waals surface area contributed by atoms with Crippen molar-refractivity contribution in [2.45, 2.75) is 38.2 Å². The second kappa shape index (κ2) is 7.08. The Balaban J connectivity index is 1.62. The number of hydrogen-bond acceptors (Lipinski definition) is 5. The van der Waals surface area contributed by atoms with Crippen molar-refractivity contribution in [1.82, 2.24) is 20.3 Å². The standard InChI is InChI=1S/C15H16F2N4OS/c16-13(17)9-1-3-10(4-2-9)20-15(22)11-5-6-19-14(21-11)12-7-18-8-23-12/h5-10,13H,1-4H2,(H,20,22)/t9-,10-. The van der Waals surface area contributed by atoms with E-state index in [-0.39, 0.29) is 17.6 Å². The molecule has 1 amide bonds. The number of thiazole rings is 1. The van der Waals surface area contributed by atoms with E-state index in [0.717, 1.165) is 4.88 Å². The van der Waals surface area contributed by atoms with Crippen molar-refractivity contribution in [3.63, 3.8) is 0 Å². The van der Waals surface area contributed by atoms with Gasteiger partial charge in [-0.1, -0.05) is 0 Å². The second-order valence-electron chi connectivity index (χ2n) is 5.55. The van der Waals surface area contributed by atoms with Crippen molar-refractivity contribution < 1.29 is 13.6 Å². The summed E-state index contributed by atoms with van der Waals surface area (Å²) in [5.74, 6) is -0.375. The van der Waals surface area contributed by atoms with E-state index in [4.69, 9.17) is 0 Å². The number of amides is 1. The van der Waals surface area contributed by atoms with Gasteiger partial charge in [-0.15, -0.1) is 11.3 Å². The van der Waals surface area contributed by atoms with Crippen molar-refractivity contribution in [3.8, 4) is 10.7 Å². The molecule has 8 heteroatoms. The smallest absolute Gasteiger partial charge is 0.270 e. The van der Waals surface area contributed by atoms with Crippen molar-refractivity contribution >= 4 is 17.2 Å². The summed E-state index contributed by atoms with van der Waals surface area (Å²) >= 11 is 1.40. The minimum atomic E-state index is -2.27. The molecule has 122 valence electrons. The Labute approximate surface area is 136 Å². The van der Waals surface area contributed by atoms with Gasteiger partial charge in [0.05, 0.1) is 10.4 Å². The lowest BCUT2D eigenvalue weighted by Gasteiger charge is -2.28. The van der Waals surface area contributed by atoms with Crippen LogP contribution in [0, 0.1) is 5.92 Å². The van der Waals surface area contributed by atoms with Crippen LogP contribution in [0.5, 0.6) is 0 Å². The highest BCUT2D eigenvalue weighted by atomic mass is 32.1. The number of carbonyl (C=O) groups is 1. The number of carbonyl (C=O) groups excluding carboxylic acids is 1. The van der Waals surface area contributed by atoms with E-state index in [1.807, 2.05) is 0 Å². The maximum Gasteiger partial charge on any atom is 0.270 e. The molecule has 1 aliphatic rings. The van der Waals surface area contributed by atoms with Gasteiger partial charge in [-0.3, -0.25) is 9.78 Å². The summed E-state index contributed by atoms with van der Waals surface area (Å²) in [6, 6.07) is 1.48. The fourth-order valence-corrected chi connectivity index (χ4v) is 3.27. The van der Waals surface area contributed by atoms with E-state index >= 15 is 0 Å². The van der Waals surface area contributed by atoms with Crippen LogP contribution in [0.2, 0.25) is 0 Å². The number of hydrogen-bond donors (Lipinski definition) is 1. The molecule has 2 aromatic heterocycles. The molecule has 1 saturated carbocycles. The first kappa shape index (κ1) is 15.9. The van der Waals surface area contributed by atoms with E-state index in [1.54, 1.807) is 17.8 Å². The molecule has 0 aromatic carbocycles. The molecule has 0 atom stereocenters. The predicted molar refractivity (Wildman–Crippen MR) is 82.4 cm³/mol. The third-order valence-electron chi connectivity index (χ3n) is 4.00. The molecule has 1 fully saturated rings. The summed E-state index contributed by atoms with van der Waals surface area (Å²) in [6.07, 6.45) is 2.95. The summed E-state index contributed by atoms with van der Waals surface area (Å²) in [7, 11) is 0. The van der Waals surface area contributed by atoms with Crippen LogP contribution >= 0.6 is 11.3 Å². The molecule has 2 heterocycles. The van der Waals surface area contributed by atoms with Gasteiger partial charge in [-0.05, 0) is 31.7 Å². The molecule has 0 spiro atoms. The lowest BCUT2D eigenvalue weighted by Crippen LogP contribution is -2.38. The lowest BCUT2D eigenvalue weighted by atomic mass is 9.86. The van der Waals surface area contributed by atoms with Crippen LogP contribution in [0.15, 0.2) is 24.0 Å². The summed E-state index contributed by atoms with van der Waals surface area (Å²) in [5.41, 5.74) is 1.95. The van der Waals surface area contributed by atoms with Gasteiger partial charge in [0.1, 0.15) is 5.69 Å². The van der Waals surface area contributed by atoms with Crippen molar-refractivity contribution in [2.75, 3.05) is 0 Å². The Morgan fingerprint density at radius 3 is 2.74 bits per heavy atom. The van der Waals surface area contributed by atoms with E-state index in [0.29, 0.717) is 31.5 Å². The molecule has 0 unspecified atom stereocenters. The zero-order chi connectivity index (χ0) is 16.2. The molecule has 0 bridgehead atoms. The summed E-state index contributed by atoms with van der Waals surface area (Å²) in [4.78, 5) is 25.4. The van der Waals surface area contributed by atoms with Crippen LogP contribution < -0.4 is 5.32 Å². The molecule has 3 rings (SSSR count). The van der Waals surface area contributed by atoms with Gasteiger partial charge in [0.25, 0.3) is 5.91 Å². The van der Waals surface area contributed by atoms with Crippen molar-refractivity contribution in [3.05, 3.63) is 29.7 Å². The van der Waals surface area contributed by atoms with E-state index in [1.165, 1.54) is 17.5 Å². The third-order valence-corrected chi connectivity index (χ3v) is 4.77. The fraction of sp³-hybridized carbons (Fsp3) is 0.467. The first-order valence-electron chi connectivity index (χ1n) is 7.44. The Morgan fingerprint density at radius 2 is 2.09 bits per heavy atom. The molecule has 1 N–H and O–H groups in total. The number of nitrogens with one attached hydrogen (secondary N) is 1. The largest absolute Gasteiger partial charge is 0.348 e. The maximum absolute atomic E-state index is 12.6. The quantitative estimate of drug-likeness (QED) is 0.930.